The largest absolute Gasteiger partial charge is 0.493 e. The highest BCUT2D eigenvalue weighted by molar-refractivity contribution is 7.09. The van der Waals surface area contributed by atoms with Crippen molar-refractivity contribution in [1.29, 1.82) is 0 Å². The minimum Gasteiger partial charge on any atom is -0.493 e. The van der Waals surface area contributed by atoms with Crippen molar-refractivity contribution in [2.75, 3.05) is 19.0 Å². The van der Waals surface area contributed by atoms with Gasteiger partial charge in [0.25, 0.3) is 0 Å². The molecule has 1 aliphatic rings. The average molecular weight is 305 g/mol. The standard InChI is InChI=1S/C15H19N3O2S/c1-9-6-10(2)14-11(7-9)12(4-5-20-14)16-15-17-13(8-19-3)18-21-15/h6-7,12H,4-5,8H2,1-3H3,(H,16,17,18). The number of hydrogen-bond acceptors (Lipinski definition) is 6. The Labute approximate surface area is 128 Å². The Morgan fingerprint density at radius 3 is 3.10 bits per heavy atom. The molecule has 1 atom stereocenters. The van der Waals surface area contributed by atoms with Crippen LogP contribution in [0.2, 0.25) is 0 Å². The van der Waals surface area contributed by atoms with Gasteiger partial charge < -0.3 is 14.8 Å². The summed E-state index contributed by atoms with van der Waals surface area (Å²) in [5.41, 5.74) is 3.65. The predicted octanol–water partition coefficient (Wildman–Crippen LogP) is 3.24. The molecule has 1 aromatic heterocycles. The van der Waals surface area contributed by atoms with Gasteiger partial charge >= 0.3 is 0 Å². The van der Waals surface area contributed by atoms with Crippen LogP contribution in [0.4, 0.5) is 5.13 Å². The number of rotatable bonds is 4. The van der Waals surface area contributed by atoms with Crippen LogP contribution in [-0.4, -0.2) is 23.1 Å². The van der Waals surface area contributed by atoms with Crippen molar-refractivity contribution in [3.8, 4) is 5.75 Å². The Kier molecular flexibility index (Phi) is 4.07. The minimum absolute atomic E-state index is 0.218. The molecule has 0 saturated carbocycles. The summed E-state index contributed by atoms with van der Waals surface area (Å²) in [7, 11) is 1.65. The lowest BCUT2D eigenvalue weighted by Crippen LogP contribution is -2.21. The van der Waals surface area contributed by atoms with Gasteiger partial charge in [-0.05, 0) is 19.4 Å². The van der Waals surface area contributed by atoms with Gasteiger partial charge in [0.15, 0.2) is 5.82 Å². The zero-order chi connectivity index (χ0) is 14.8. The predicted molar refractivity (Wildman–Crippen MR) is 83.0 cm³/mol. The second-order valence-corrected chi connectivity index (χ2v) is 6.03. The van der Waals surface area contributed by atoms with E-state index in [1.54, 1.807) is 7.11 Å². The quantitative estimate of drug-likeness (QED) is 0.940. The van der Waals surface area contributed by atoms with E-state index in [2.05, 4.69) is 40.7 Å². The first kappa shape index (κ1) is 14.3. The molecule has 0 radical (unpaired) electrons. The van der Waals surface area contributed by atoms with E-state index >= 15 is 0 Å². The molecule has 5 nitrogen and oxygen atoms in total. The zero-order valence-corrected chi connectivity index (χ0v) is 13.3. The van der Waals surface area contributed by atoms with E-state index in [0.717, 1.165) is 29.7 Å². The number of hydrogen-bond donors (Lipinski definition) is 1. The van der Waals surface area contributed by atoms with Crippen molar-refractivity contribution in [2.45, 2.75) is 32.9 Å². The van der Waals surface area contributed by atoms with Crippen LogP contribution in [0.1, 0.15) is 35.0 Å². The molecule has 0 saturated heterocycles. The van der Waals surface area contributed by atoms with Crippen LogP contribution in [0.5, 0.6) is 5.75 Å². The van der Waals surface area contributed by atoms with E-state index in [1.165, 1.54) is 28.2 Å². The van der Waals surface area contributed by atoms with Gasteiger partial charge in [0, 0.05) is 30.6 Å². The van der Waals surface area contributed by atoms with E-state index in [4.69, 9.17) is 9.47 Å². The van der Waals surface area contributed by atoms with E-state index < -0.39 is 0 Å². The van der Waals surface area contributed by atoms with Crippen LogP contribution in [0.3, 0.4) is 0 Å². The lowest BCUT2D eigenvalue weighted by atomic mass is 9.96. The summed E-state index contributed by atoms with van der Waals surface area (Å²) in [6.07, 6.45) is 0.926. The Balaban J connectivity index is 1.84. The average Bonchev–Trinajstić information content (AvgIpc) is 2.87. The number of aromatic nitrogens is 2. The Morgan fingerprint density at radius 2 is 2.29 bits per heavy atom. The number of fused-ring (bicyclic) bond motifs is 1. The molecule has 3 rings (SSSR count). The van der Waals surface area contributed by atoms with Gasteiger partial charge in [0.2, 0.25) is 5.13 Å². The molecule has 2 aromatic rings. The highest BCUT2D eigenvalue weighted by Crippen LogP contribution is 2.37. The van der Waals surface area contributed by atoms with Crippen molar-refractivity contribution in [3.63, 3.8) is 0 Å². The molecular formula is C15H19N3O2S. The first-order valence-electron chi connectivity index (χ1n) is 6.99. The highest BCUT2D eigenvalue weighted by Gasteiger charge is 2.24. The van der Waals surface area contributed by atoms with Gasteiger partial charge in [-0.15, -0.1) is 0 Å². The van der Waals surface area contributed by atoms with Gasteiger partial charge in [0.1, 0.15) is 12.4 Å². The van der Waals surface area contributed by atoms with Crippen LogP contribution < -0.4 is 10.1 Å². The second-order valence-electron chi connectivity index (χ2n) is 5.28. The van der Waals surface area contributed by atoms with Crippen molar-refractivity contribution in [2.24, 2.45) is 0 Å². The smallest absolute Gasteiger partial charge is 0.203 e. The summed E-state index contributed by atoms with van der Waals surface area (Å²) in [4.78, 5) is 4.44. The summed E-state index contributed by atoms with van der Waals surface area (Å²) in [5, 5.41) is 4.31. The second kappa shape index (κ2) is 5.99. The number of aryl methyl sites for hydroxylation is 2. The van der Waals surface area contributed by atoms with E-state index in [0.29, 0.717) is 6.61 Å². The van der Waals surface area contributed by atoms with Crippen molar-refractivity contribution in [3.05, 3.63) is 34.6 Å². The summed E-state index contributed by atoms with van der Waals surface area (Å²) < 4.78 is 15.2. The fraction of sp³-hybridized carbons (Fsp3) is 0.467. The molecular weight excluding hydrogens is 286 g/mol. The molecule has 1 aromatic carbocycles. The molecule has 0 fully saturated rings. The van der Waals surface area contributed by atoms with Gasteiger partial charge in [-0.1, -0.05) is 17.7 Å². The third-order valence-corrected chi connectivity index (χ3v) is 4.20. The third-order valence-electron chi connectivity index (χ3n) is 3.52. The SMILES string of the molecule is COCc1nsc(NC2CCOc3c(C)cc(C)cc32)n1. The van der Waals surface area contributed by atoms with Gasteiger partial charge in [-0.25, -0.2) is 4.98 Å². The Bertz CT molecular complexity index is 642. The summed E-state index contributed by atoms with van der Waals surface area (Å²) in [6, 6.07) is 4.56. The molecule has 0 spiro atoms. The highest BCUT2D eigenvalue weighted by atomic mass is 32.1. The lowest BCUT2D eigenvalue weighted by molar-refractivity contribution is 0.179. The van der Waals surface area contributed by atoms with E-state index in [9.17, 15) is 0 Å². The van der Waals surface area contributed by atoms with Crippen LogP contribution >= 0.6 is 11.5 Å². The molecule has 0 amide bonds. The summed E-state index contributed by atoms with van der Waals surface area (Å²) in [6.45, 7) is 5.37. The zero-order valence-electron chi connectivity index (χ0n) is 12.5. The summed E-state index contributed by atoms with van der Waals surface area (Å²) >= 11 is 1.37. The normalized spacial score (nSPS) is 17.2. The van der Waals surface area contributed by atoms with Crippen molar-refractivity contribution >= 4 is 16.7 Å². The number of benzene rings is 1. The molecule has 2 heterocycles. The number of methoxy groups -OCH3 is 1. The molecule has 0 aliphatic carbocycles. The van der Waals surface area contributed by atoms with Crippen LogP contribution in [0, 0.1) is 13.8 Å². The van der Waals surface area contributed by atoms with Crippen LogP contribution in [0.15, 0.2) is 12.1 Å². The molecule has 21 heavy (non-hydrogen) atoms. The molecule has 0 bridgehead atoms. The first-order chi connectivity index (χ1) is 10.2. The number of ether oxygens (including phenoxy) is 2. The Hall–Kier alpha value is -1.66. The van der Waals surface area contributed by atoms with Gasteiger partial charge in [-0.3, -0.25) is 0 Å². The fourth-order valence-electron chi connectivity index (χ4n) is 2.68. The maximum Gasteiger partial charge on any atom is 0.203 e. The fourth-order valence-corrected chi connectivity index (χ4v) is 3.30. The lowest BCUT2D eigenvalue weighted by Gasteiger charge is -2.28. The van der Waals surface area contributed by atoms with Crippen molar-refractivity contribution < 1.29 is 9.47 Å². The first-order valence-corrected chi connectivity index (χ1v) is 7.76. The summed E-state index contributed by atoms with van der Waals surface area (Å²) in [5.74, 6) is 1.73. The van der Waals surface area contributed by atoms with Crippen LogP contribution in [-0.2, 0) is 11.3 Å². The Morgan fingerprint density at radius 1 is 1.43 bits per heavy atom. The molecule has 1 unspecified atom stereocenters. The maximum atomic E-state index is 5.83. The van der Waals surface area contributed by atoms with Gasteiger partial charge in [0.05, 0.1) is 12.6 Å². The van der Waals surface area contributed by atoms with E-state index in [-0.39, 0.29) is 6.04 Å². The van der Waals surface area contributed by atoms with Crippen LogP contribution in [0.25, 0.3) is 0 Å². The molecule has 1 aliphatic heterocycles. The third kappa shape index (κ3) is 3.01. The topological polar surface area (TPSA) is 56.3 Å². The minimum atomic E-state index is 0.218. The van der Waals surface area contributed by atoms with Crippen molar-refractivity contribution in [1.82, 2.24) is 9.36 Å². The number of nitrogens with one attached hydrogen (secondary N) is 1. The van der Waals surface area contributed by atoms with E-state index in [1.807, 2.05) is 0 Å². The molecule has 6 heteroatoms. The number of nitrogens with zero attached hydrogens (tertiary/aromatic N) is 2. The number of anilines is 1. The molecule has 112 valence electrons. The maximum absolute atomic E-state index is 5.83. The monoisotopic (exact) mass is 305 g/mol. The van der Waals surface area contributed by atoms with Gasteiger partial charge in [-0.2, -0.15) is 4.37 Å². The molecule has 1 N–H and O–H groups in total.